The second-order valence-corrected chi connectivity index (χ2v) is 6.51. The Morgan fingerprint density at radius 1 is 1.44 bits per heavy atom. The highest BCUT2D eigenvalue weighted by atomic mass is 15.1. The van der Waals surface area contributed by atoms with E-state index in [1.165, 1.54) is 25.7 Å². The first kappa shape index (κ1) is 13.6. The Kier molecular flexibility index (Phi) is 4.10. The Bertz CT molecular complexity index is 371. The molecule has 1 unspecified atom stereocenters. The summed E-state index contributed by atoms with van der Waals surface area (Å²) in [4.78, 5) is 4.48. The molecule has 0 radical (unpaired) electrons. The van der Waals surface area contributed by atoms with Gasteiger partial charge >= 0.3 is 0 Å². The average Bonchev–Trinajstić information content (AvgIpc) is 2.77. The number of hydrogen-bond donors (Lipinski definition) is 1. The molecule has 1 heterocycles. The smallest absolute Gasteiger partial charge is 0.125 e. The Morgan fingerprint density at radius 2 is 2.11 bits per heavy atom. The summed E-state index contributed by atoms with van der Waals surface area (Å²) in [6.07, 6.45) is 10.1. The van der Waals surface area contributed by atoms with Crippen molar-refractivity contribution in [1.82, 2.24) is 9.55 Å². The first-order chi connectivity index (χ1) is 8.53. The van der Waals surface area contributed by atoms with E-state index in [1.807, 2.05) is 6.20 Å². The molecule has 1 atom stereocenters. The molecule has 3 nitrogen and oxygen atoms in total. The quantitative estimate of drug-likeness (QED) is 0.887. The molecule has 2 N–H and O–H groups in total. The minimum atomic E-state index is 0.114. The zero-order valence-electron chi connectivity index (χ0n) is 12.0. The molecular formula is C15H27N3. The van der Waals surface area contributed by atoms with Crippen molar-refractivity contribution in [3.8, 4) is 0 Å². The maximum absolute atomic E-state index is 6.45. The molecule has 0 bridgehead atoms. The van der Waals surface area contributed by atoms with Crippen LogP contribution in [0.25, 0.3) is 0 Å². The Morgan fingerprint density at radius 3 is 2.72 bits per heavy atom. The molecule has 1 saturated carbocycles. The summed E-state index contributed by atoms with van der Waals surface area (Å²) in [5.41, 5.74) is 6.96. The number of aryl methyl sites for hydroxylation is 1. The monoisotopic (exact) mass is 249 g/mol. The topological polar surface area (TPSA) is 43.8 Å². The number of hydrogen-bond acceptors (Lipinski definition) is 2. The van der Waals surface area contributed by atoms with Crippen LogP contribution in [0.2, 0.25) is 0 Å². The van der Waals surface area contributed by atoms with Gasteiger partial charge in [-0.15, -0.1) is 0 Å². The maximum Gasteiger partial charge on any atom is 0.125 e. The van der Waals surface area contributed by atoms with Gasteiger partial charge in [-0.25, -0.2) is 4.98 Å². The lowest BCUT2D eigenvalue weighted by Gasteiger charge is -2.36. The normalized spacial score (nSPS) is 22.0. The van der Waals surface area contributed by atoms with Crippen molar-refractivity contribution in [3.05, 3.63) is 18.2 Å². The van der Waals surface area contributed by atoms with E-state index in [2.05, 4.69) is 36.5 Å². The highest BCUT2D eigenvalue weighted by Crippen LogP contribution is 2.41. The lowest BCUT2D eigenvalue weighted by atomic mass is 9.71. The number of aromatic nitrogens is 2. The third-order valence-electron chi connectivity index (χ3n) is 4.40. The molecule has 18 heavy (non-hydrogen) atoms. The van der Waals surface area contributed by atoms with Gasteiger partial charge in [0.05, 0.1) is 6.04 Å². The van der Waals surface area contributed by atoms with Gasteiger partial charge in [-0.1, -0.05) is 20.8 Å². The molecule has 0 aromatic carbocycles. The van der Waals surface area contributed by atoms with Gasteiger partial charge in [0, 0.05) is 18.9 Å². The van der Waals surface area contributed by atoms with Crippen molar-refractivity contribution >= 4 is 0 Å². The van der Waals surface area contributed by atoms with E-state index in [-0.39, 0.29) is 6.04 Å². The fourth-order valence-corrected chi connectivity index (χ4v) is 3.04. The van der Waals surface area contributed by atoms with E-state index >= 15 is 0 Å². The van der Waals surface area contributed by atoms with Crippen LogP contribution >= 0.6 is 0 Å². The van der Waals surface area contributed by atoms with Gasteiger partial charge in [-0.2, -0.15) is 0 Å². The second-order valence-electron chi connectivity index (χ2n) is 6.51. The van der Waals surface area contributed by atoms with E-state index < -0.39 is 0 Å². The van der Waals surface area contributed by atoms with Crippen molar-refractivity contribution in [3.63, 3.8) is 0 Å². The molecule has 0 spiro atoms. The van der Waals surface area contributed by atoms with Crippen LogP contribution in [-0.2, 0) is 6.54 Å². The fourth-order valence-electron chi connectivity index (χ4n) is 3.04. The largest absolute Gasteiger partial charge is 0.334 e. The van der Waals surface area contributed by atoms with Crippen molar-refractivity contribution in [2.75, 3.05) is 0 Å². The summed E-state index contributed by atoms with van der Waals surface area (Å²) in [5.74, 6) is 1.69. The molecule has 1 aliphatic rings. The summed E-state index contributed by atoms with van der Waals surface area (Å²) in [7, 11) is 0. The molecule has 0 amide bonds. The van der Waals surface area contributed by atoms with Crippen LogP contribution in [-0.4, -0.2) is 9.55 Å². The molecule has 1 aliphatic carbocycles. The van der Waals surface area contributed by atoms with Gasteiger partial charge in [-0.05, 0) is 43.4 Å². The highest BCUT2D eigenvalue weighted by Gasteiger charge is 2.31. The number of nitrogens with zero attached hydrogens (tertiary/aromatic N) is 2. The van der Waals surface area contributed by atoms with Crippen molar-refractivity contribution in [2.45, 2.75) is 65.5 Å². The molecule has 1 aromatic heterocycles. The van der Waals surface area contributed by atoms with E-state index in [9.17, 15) is 0 Å². The minimum absolute atomic E-state index is 0.114. The number of nitrogens with two attached hydrogens (primary N) is 1. The number of rotatable bonds is 4. The van der Waals surface area contributed by atoms with Crippen LogP contribution in [0.4, 0.5) is 0 Å². The van der Waals surface area contributed by atoms with Crippen LogP contribution in [0, 0.1) is 11.3 Å². The third-order valence-corrected chi connectivity index (χ3v) is 4.40. The van der Waals surface area contributed by atoms with Crippen molar-refractivity contribution in [2.24, 2.45) is 17.1 Å². The van der Waals surface area contributed by atoms with Crippen LogP contribution in [0.3, 0.4) is 0 Å². The Labute approximate surface area is 111 Å². The van der Waals surface area contributed by atoms with Gasteiger partial charge in [0.2, 0.25) is 0 Å². The standard InChI is InChI=1S/C15H27N3/c1-4-10-18-11-9-17-14(18)13(16)12-5-7-15(2,3)8-6-12/h9,11-13H,4-8,10,16H2,1-3H3. The van der Waals surface area contributed by atoms with Gasteiger partial charge < -0.3 is 10.3 Å². The molecule has 0 aliphatic heterocycles. The zero-order chi connectivity index (χ0) is 13.2. The Balaban J connectivity index is 2.03. The molecule has 0 saturated heterocycles. The summed E-state index contributed by atoms with van der Waals surface area (Å²) < 4.78 is 2.23. The third kappa shape index (κ3) is 2.94. The molecule has 1 aromatic rings. The molecule has 3 heteroatoms. The van der Waals surface area contributed by atoms with Crippen LogP contribution in [0.5, 0.6) is 0 Å². The van der Waals surface area contributed by atoms with Crippen molar-refractivity contribution < 1.29 is 0 Å². The van der Waals surface area contributed by atoms with Crippen LogP contribution in [0.1, 0.15) is 64.7 Å². The van der Waals surface area contributed by atoms with E-state index in [0.29, 0.717) is 11.3 Å². The van der Waals surface area contributed by atoms with Gasteiger partial charge in [0.1, 0.15) is 5.82 Å². The lowest BCUT2D eigenvalue weighted by molar-refractivity contribution is 0.170. The molecule has 102 valence electrons. The van der Waals surface area contributed by atoms with Crippen LogP contribution in [0.15, 0.2) is 12.4 Å². The Hall–Kier alpha value is -0.830. The average molecular weight is 249 g/mol. The summed E-state index contributed by atoms with van der Waals surface area (Å²) in [6, 6.07) is 0.114. The fraction of sp³-hybridized carbons (Fsp3) is 0.800. The zero-order valence-corrected chi connectivity index (χ0v) is 12.0. The van der Waals surface area contributed by atoms with Gasteiger partial charge in [-0.3, -0.25) is 0 Å². The predicted octanol–water partition coefficient (Wildman–Crippen LogP) is 3.51. The molecular weight excluding hydrogens is 222 g/mol. The SMILES string of the molecule is CCCn1ccnc1C(N)C1CCC(C)(C)CC1. The number of imidazole rings is 1. The predicted molar refractivity (Wildman–Crippen MR) is 75.2 cm³/mol. The summed E-state index contributed by atoms with van der Waals surface area (Å²) in [6.45, 7) is 7.96. The minimum Gasteiger partial charge on any atom is -0.334 e. The van der Waals surface area contributed by atoms with Crippen LogP contribution < -0.4 is 5.73 Å². The van der Waals surface area contributed by atoms with Crippen molar-refractivity contribution in [1.29, 1.82) is 0 Å². The second kappa shape index (κ2) is 5.43. The van der Waals surface area contributed by atoms with Gasteiger partial charge in [0.15, 0.2) is 0 Å². The first-order valence-electron chi connectivity index (χ1n) is 7.30. The molecule has 2 rings (SSSR count). The maximum atomic E-state index is 6.45. The van der Waals surface area contributed by atoms with E-state index in [4.69, 9.17) is 5.73 Å². The molecule has 1 fully saturated rings. The van der Waals surface area contributed by atoms with E-state index in [0.717, 1.165) is 18.8 Å². The van der Waals surface area contributed by atoms with E-state index in [1.54, 1.807) is 0 Å². The van der Waals surface area contributed by atoms with Gasteiger partial charge in [0.25, 0.3) is 0 Å². The highest BCUT2D eigenvalue weighted by molar-refractivity contribution is 5.02. The first-order valence-corrected chi connectivity index (χ1v) is 7.30. The summed E-state index contributed by atoms with van der Waals surface area (Å²) >= 11 is 0. The lowest BCUT2D eigenvalue weighted by Crippen LogP contribution is -2.30. The summed E-state index contributed by atoms with van der Waals surface area (Å²) in [5, 5.41) is 0.